The molecule has 1 rings (SSSR count). The molecule has 0 aliphatic heterocycles. The zero-order valence-electron chi connectivity index (χ0n) is 11.9. The van der Waals surface area contributed by atoms with Crippen LogP contribution in [0.4, 0.5) is 0 Å². The third-order valence-corrected chi connectivity index (χ3v) is 3.83. The zero-order valence-corrected chi connectivity index (χ0v) is 12.7. The summed E-state index contributed by atoms with van der Waals surface area (Å²) in [5, 5.41) is 0.581. The second-order valence-corrected chi connectivity index (χ2v) is 6.09. The number of nitrogens with two attached hydrogens (primary N) is 1. The quantitative estimate of drug-likeness (QED) is 0.414. The normalized spacial score (nSPS) is 12.7. The summed E-state index contributed by atoms with van der Waals surface area (Å²) in [6, 6.07) is 8.08. The molecule has 0 saturated carbocycles. The van der Waals surface area contributed by atoms with Crippen LogP contribution in [0.5, 0.6) is 5.75 Å². The summed E-state index contributed by atoms with van der Waals surface area (Å²) in [6.45, 7) is 5.48. The molecule has 5 heteroatoms. The van der Waals surface area contributed by atoms with E-state index in [4.69, 9.17) is 15.3 Å². The first-order chi connectivity index (χ1) is 9.19. The van der Waals surface area contributed by atoms with E-state index < -0.39 is 0 Å². The highest BCUT2D eigenvalue weighted by Gasteiger charge is 2.15. The molecule has 0 fully saturated rings. The number of benzene rings is 1. The maximum Gasteiger partial charge on any atom is 0.124 e. The summed E-state index contributed by atoms with van der Waals surface area (Å²) < 4.78 is 10.7. The van der Waals surface area contributed by atoms with Gasteiger partial charge in [-0.2, -0.15) is 11.8 Å². The molecule has 0 saturated heterocycles. The number of nitrogens with one attached hydrogen (secondary N) is 1. The minimum Gasteiger partial charge on any atom is -0.491 e. The number of hydrazine groups is 1. The van der Waals surface area contributed by atoms with Gasteiger partial charge in [0, 0.05) is 18.4 Å². The number of ether oxygens (including phenoxy) is 2. The summed E-state index contributed by atoms with van der Waals surface area (Å²) in [5.41, 5.74) is 3.96. The Morgan fingerprint density at radius 3 is 2.63 bits per heavy atom. The number of hydrogen-bond donors (Lipinski definition) is 2. The summed E-state index contributed by atoms with van der Waals surface area (Å²) in [7, 11) is 1.67. The van der Waals surface area contributed by atoms with E-state index in [2.05, 4.69) is 19.3 Å². The number of para-hydroxylation sites is 1. The summed E-state index contributed by atoms with van der Waals surface area (Å²) in [4.78, 5) is 0. The predicted octanol–water partition coefficient (Wildman–Crippen LogP) is 2.36. The van der Waals surface area contributed by atoms with E-state index in [0.29, 0.717) is 18.5 Å². The zero-order chi connectivity index (χ0) is 14.1. The van der Waals surface area contributed by atoms with E-state index in [1.807, 2.05) is 36.0 Å². The minimum atomic E-state index is 0.0890. The molecular formula is C14H24N2O2S. The fourth-order valence-electron chi connectivity index (χ4n) is 1.65. The summed E-state index contributed by atoms with van der Waals surface area (Å²) in [6.07, 6.45) is 0. The Morgan fingerprint density at radius 2 is 2.00 bits per heavy atom. The largest absolute Gasteiger partial charge is 0.491 e. The van der Waals surface area contributed by atoms with Gasteiger partial charge in [-0.15, -0.1) is 0 Å². The molecular weight excluding hydrogens is 260 g/mol. The van der Waals surface area contributed by atoms with Gasteiger partial charge in [0.1, 0.15) is 12.4 Å². The molecule has 0 radical (unpaired) electrons. The van der Waals surface area contributed by atoms with Crippen molar-refractivity contribution in [1.82, 2.24) is 5.43 Å². The van der Waals surface area contributed by atoms with E-state index in [1.165, 1.54) is 0 Å². The van der Waals surface area contributed by atoms with Crippen molar-refractivity contribution >= 4 is 11.8 Å². The van der Waals surface area contributed by atoms with Crippen LogP contribution in [0, 0.1) is 0 Å². The summed E-state index contributed by atoms with van der Waals surface area (Å²) >= 11 is 1.87. The van der Waals surface area contributed by atoms with Gasteiger partial charge in [-0.1, -0.05) is 32.0 Å². The molecule has 1 aromatic carbocycles. The molecule has 0 aliphatic carbocycles. The predicted molar refractivity (Wildman–Crippen MR) is 81.5 cm³/mol. The van der Waals surface area contributed by atoms with Crippen molar-refractivity contribution in [3.63, 3.8) is 0 Å². The number of thioether (sulfide) groups is 1. The van der Waals surface area contributed by atoms with Gasteiger partial charge < -0.3 is 9.47 Å². The average Bonchev–Trinajstić information content (AvgIpc) is 2.41. The number of rotatable bonds is 9. The molecule has 0 aliphatic rings. The standard InChI is InChI=1S/C14H24N2O2S/c1-11(2)19-10-13(16-15)12-6-4-5-7-14(12)18-9-8-17-3/h4-7,11,13,16H,8-10,15H2,1-3H3. The Hall–Kier alpha value is -0.750. The Balaban J connectivity index is 2.72. The smallest absolute Gasteiger partial charge is 0.124 e. The lowest BCUT2D eigenvalue weighted by Crippen LogP contribution is -2.30. The fraction of sp³-hybridized carbons (Fsp3) is 0.571. The third kappa shape index (κ3) is 5.82. The molecule has 0 spiro atoms. The average molecular weight is 284 g/mol. The lowest BCUT2D eigenvalue weighted by molar-refractivity contribution is 0.145. The highest BCUT2D eigenvalue weighted by molar-refractivity contribution is 7.99. The van der Waals surface area contributed by atoms with Gasteiger partial charge in [0.05, 0.1) is 12.6 Å². The van der Waals surface area contributed by atoms with Gasteiger partial charge in [-0.25, -0.2) is 0 Å². The Kier molecular flexibility index (Phi) is 7.90. The molecule has 0 heterocycles. The van der Waals surface area contributed by atoms with Crippen LogP contribution in [0.15, 0.2) is 24.3 Å². The van der Waals surface area contributed by atoms with E-state index in [9.17, 15) is 0 Å². The van der Waals surface area contributed by atoms with Crippen molar-refractivity contribution < 1.29 is 9.47 Å². The van der Waals surface area contributed by atoms with Crippen LogP contribution in [0.1, 0.15) is 25.5 Å². The highest BCUT2D eigenvalue weighted by atomic mass is 32.2. The molecule has 0 amide bonds. The monoisotopic (exact) mass is 284 g/mol. The van der Waals surface area contributed by atoms with Crippen LogP contribution in [0.25, 0.3) is 0 Å². The van der Waals surface area contributed by atoms with Crippen molar-refractivity contribution in [2.24, 2.45) is 5.84 Å². The first-order valence-corrected chi connectivity index (χ1v) is 7.52. The van der Waals surface area contributed by atoms with Crippen LogP contribution >= 0.6 is 11.8 Å². The first-order valence-electron chi connectivity index (χ1n) is 6.47. The van der Waals surface area contributed by atoms with Crippen LogP contribution in [-0.2, 0) is 4.74 Å². The fourth-order valence-corrected chi connectivity index (χ4v) is 2.50. The van der Waals surface area contributed by atoms with E-state index in [-0.39, 0.29) is 6.04 Å². The summed E-state index contributed by atoms with van der Waals surface area (Å²) in [5.74, 6) is 7.45. The molecule has 1 aromatic rings. The van der Waals surface area contributed by atoms with Crippen LogP contribution in [0.3, 0.4) is 0 Å². The van der Waals surface area contributed by atoms with Crippen molar-refractivity contribution in [1.29, 1.82) is 0 Å². The second-order valence-electron chi connectivity index (χ2n) is 4.48. The molecule has 3 N–H and O–H groups in total. The van der Waals surface area contributed by atoms with Gasteiger partial charge in [-0.05, 0) is 11.3 Å². The van der Waals surface area contributed by atoms with Crippen LogP contribution in [-0.4, -0.2) is 31.3 Å². The molecule has 0 aromatic heterocycles. The van der Waals surface area contributed by atoms with E-state index >= 15 is 0 Å². The van der Waals surface area contributed by atoms with Gasteiger partial charge in [0.15, 0.2) is 0 Å². The van der Waals surface area contributed by atoms with Crippen molar-refractivity contribution in [2.75, 3.05) is 26.1 Å². The van der Waals surface area contributed by atoms with Gasteiger partial charge in [-0.3, -0.25) is 11.3 Å². The van der Waals surface area contributed by atoms with Crippen molar-refractivity contribution in [3.8, 4) is 5.75 Å². The molecule has 4 nitrogen and oxygen atoms in total. The topological polar surface area (TPSA) is 56.5 Å². The van der Waals surface area contributed by atoms with Gasteiger partial charge in [0.2, 0.25) is 0 Å². The molecule has 19 heavy (non-hydrogen) atoms. The molecule has 108 valence electrons. The number of hydrogen-bond acceptors (Lipinski definition) is 5. The lowest BCUT2D eigenvalue weighted by Gasteiger charge is -2.20. The first kappa shape index (κ1) is 16.3. The number of methoxy groups -OCH3 is 1. The Labute approximate surface area is 120 Å². The molecule has 1 unspecified atom stereocenters. The molecule has 1 atom stereocenters. The van der Waals surface area contributed by atoms with E-state index in [0.717, 1.165) is 17.1 Å². The van der Waals surface area contributed by atoms with Crippen molar-refractivity contribution in [3.05, 3.63) is 29.8 Å². The second kappa shape index (κ2) is 9.20. The van der Waals surface area contributed by atoms with Crippen LogP contribution in [0.2, 0.25) is 0 Å². The van der Waals surface area contributed by atoms with Crippen molar-refractivity contribution in [2.45, 2.75) is 25.1 Å². The Bertz CT molecular complexity index is 361. The Morgan fingerprint density at radius 1 is 1.26 bits per heavy atom. The lowest BCUT2D eigenvalue weighted by atomic mass is 10.1. The SMILES string of the molecule is COCCOc1ccccc1C(CSC(C)C)NN. The van der Waals surface area contributed by atoms with Crippen LogP contribution < -0.4 is 16.0 Å². The van der Waals surface area contributed by atoms with E-state index in [1.54, 1.807) is 7.11 Å². The highest BCUT2D eigenvalue weighted by Crippen LogP contribution is 2.28. The maximum atomic E-state index is 5.74. The third-order valence-electron chi connectivity index (χ3n) is 2.64. The maximum absolute atomic E-state index is 5.74. The van der Waals surface area contributed by atoms with Gasteiger partial charge >= 0.3 is 0 Å². The molecule has 0 bridgehead atoms. The minimum absolute atomic E-state index is 0.0890. The van der Waals surface area contributed by atoms with Gasteiger partial charge in [0.25, 0.3) is 0 Å².